The van der Waals surface area contributed by atoms with Gasteiger partial charge in [-0.15, -0.1) is 0 Å². The number of nitrogens with zero attached hydrogens (tertiary/aromatic N) is 1. The van der Waals surface area contributed by atoms with Crippen molar-refractivity contribution < 1.29 is 0 Å². The fourth-order valence-electron chi connectivity index (χ4n) is 2.97. The SMILES string of the molecule is CC(C)C1CCc2[nH]nc(-c3ccc(N)cc3)c2C1. The van der Waals surface area contributed by atoms with Crippen LogP contribution in [0.1, 0.15) is 31.5 Å². The third-order valence-corrected chi connectivity index (χ3v) is 4.31. The molecule has 2 aromatic rings. The molecule has 3 rings (SSSR count). The molecule has 0 saturated carbocycles. The third-order valence-electron chi connectivity index (χ3n) is 4.31. The lowest BCUT2D eigenvalue weighted by Gasteiger charge is -2.25. The summed E-state index contributed by atoms with van der Waals surface area (Å²) in [6.45, 7) is 4.64. The van der Waals surface area contributed by atoms with Crippen molar-refractivity contribution in [1.29, 1.82) is 0 Å². The van der Waals surface area contributed by atoms with Crippen LogP contribution in [0, 0.1) is 11.8 Å². The third kappa shape index (κ3) is 2.25. The zero-order valence-corrected chi connectivity index (χ0v) is 11.6. The predicted octanol–water partition coefficient (Wildman–Crippen LogP) is 3.42. The number of aromatic amines is 1. The molecule has 1 aliphatic carbocycles. The molecule has 1 unspecified atom stereocenters. The Morgan fingerprint density at radius 2 is 2.00 bits per heavy atom. The van der Waals surface area contributed by atoms with Crippen molar-refractivity contribution in [3.8, 4) is 11.3 Å². The molecule has 0 aliphatic heterocycles. The zero-order chi connectivity index (χ0) is 13.4. The van der Waals surface area contributed by atoms with Gasteiger partial charge in [-0.25, -0.2) is 0 Å². The van der Waals surface area contributed by atoms with Crippen LogP contribution < -0.4 is 5.73 Å². The Labute approximate surface area is 114 Å². The second-order valence-electron chi connectivity index (χ2n) is 5.90. The first-order chi connectivity index (χ1) is 9.15. The lowest BCUT2D eigenvalue weighted by molar-refractivity contribution is 0.342. The number of fused-ring (bicyclic) bond motifs is 1. The van der Waals surface area contributed by atoms with Gasteiger partial charge in [0.25, 0.3) is 0 Å². The summed E-state index contributed by atoms with van der Waals surface area (Å²) in [6.07, 6.45) is 3.54. The maximum absolute atomic E-state index is 5.75. The van der Waals surface area contributed by atoms with Gasteiger partial charge >= 0.3 is 0 Å². The molecule has 19 heavy (non-hydrogen) atoms. The minimum atomic E-state index is 0.738. The summed E-state index contributed by atoms with van der Waals surface area (Å²) >= 11 is 0. The van der Waals surface area contributed by atoms with Crippen molar-refractivity contribution in [2.75, 3.05) is 5.73 Å². The van der Waals surface area contributed by atoms with Crippen LogP contribution in [-0.2, 0) is 12.8 Å². The highest BCUT2D eigenvalue weighted by atomic mass is 15.1. The average Bonchev–Trinajstić information content (AvgIpc) is 2.82. The number of hydrogen-bond acceptors (Lipinski definition) is 2. The number of H-pyrrole nitrogens is 1. The Balaban J connectivity index is 1.97. The van der Waals surface area contributed by atoms with Crippen molar-refractivity contribution >= 4 is 5.69 Å². The van der Waals surface area contributed by atoms with E-state index < -0.39 is 0 Å². The number of nitrogen functional groups attached to an aromatic ring is 1. The average molecular weight is 255 g/mol. The monoisotopic (exact) mass is 255 g/mol. The molecule has 100 valence electrons. The van der Waals surface area contributed by atoms with Gasteiger partial charge in [-0.05, 0) is 43.2 Å². The van der Waals surface area contributed by atoms with Crippen molar-refractivity contribution in [2.24, 2.45) is 11.8 Å². The molecule has 0 bridgehead atoms. The molecule has 0 radical (unpaired) electrons. The highest BCUT2D eigenvalue weighted by Crippen LogP contribution is 2.34. The number of benzene rings is 1. The van der Waals surface area contributed by atoms with Gasteiger partial charge in [-0.3, -0.25) is 5.10 Å². The summed E-state index contributed by atoms with van der Waals surface area (Å²) in [4.78, 5) is 0. The summed E-state index contributed by atoms with van der Waals surface area (Å²) in [5, 5.41) is 7.74. The number of nitrogens with one attached hydrogen (secondary N) is 1. The topological polar surface area (TPSA) is 54.7 Å². The Bertz CT molecular complexity index is 566. The molecule has 0 amide bonds. The normalized spacial score (nSPS) is 18.6. The standard InChI is InChI=1S/C16H21N3/c1-10(2)12-5-8-15-14(9-12)16(19-18-15)11-3-6-13(17)7-4-11/h3-4,6-7,10,12H,5,8-9,17H2,1-2H3,(H,18,19). The van der Waals surface area contributed by atoms with Crippen LogP contribution >= 0.6 is 0 Å². The summed E-state index contributed by atoms with van der Waals surface area (Å²) in [7, 11) is 0. The minimum absolute atomic E-state index is 0.738. The van der Waals surface area contributed by atoms with E-state index in [-0.39, 0.29) is 0 Å². The van der Waals surface area contributed by atoms with E-state index >= 15 is 0 Å². The fraction of sp³-hybridized carbons (Fsp3) is 0.438. The molecule has 1 heterocycles. The number of rotatable bonds is 2. The Hall–Kier alpha value is -1.77. The van der Waals surface area contributed by atoms with E-state index in [4.69, 9.17) is 5.73 Å². The number of nitrogens with two attached hydrogens (primary N) is 1. The van der Waals surface area contributed by atoms with Crippen LogP contribution in [0.3, 0.4) is 0 Å². The van der Waals surface area contributed by atoms with Gasteiger partial charge < -0.3 is 5.73 Å². The van der Waals surface area contributed by atoms with Gasteiger partial charge in [-0.2, -0.15) is 5.10 Å². The van der Waals surface area contributed by atoms with Gasteiger partial charge in [-0.1, -0.05) is 26.0 Å². The summed E-state index contributed by atoms with van der Waals surface area (Å²) < 4.78 is 0. The lowest BCUT2D eigenvalue weighted by atomic mass is 9.79. The first-order valence-corrected chi connectivity index (χ1v) is 7.07. The number of aromatic nitrogens is 2. The first-order valence-electron chi connectivity index (χ1n) is 7.07. The van der Waals surface area contributed by atoms with E-state index in [9.17, 15) is 0 Å². The van der Waals surface area contributed by atoms with Crippen molar-refractivity contribution in [2.45, 2.75) is 33.1 Å². The number of aryl methyl sites for hydroxylation is 1. The summed E-state index contributed by atoms with van der Waals surface area (Å²) in [5.74, 6) is 1.51. The second-order valence-corrected chi connectivity index (χ2v) is 5.90. The largest absolute Gasteiger partial charge is 0.399 e. The Morgan fingerprint density at radius 1 is 1.26 bits per heavy atom. The second kappa shape index (κ2) is 4.72. The Morgan fingerprint density at radius 3 is 2.68 bits per heavy atom. The number of hydrogen-bond donors (Lipinski definition) is 2. The van der Waals surface area contributed by atoms with E-state index in [1.807, 2.05) is 12.1 Å². The van der Waals surface area contributed by atoms with Crippen molar-refractivity contribution in [3.63, 3.8) is 0 Å². The van der Waals surface area contributed by atoms with Crippen LogP contribution in [0.4, 0.5) is 5.69 Å². The fourth-order valence-corrected chi connectivity index (χ4v) is 2.97. The van der Waals surface area contributed by atoms with Crippen LogP contribution in [0.25, 0.3) is 11.3 Å². The van der Waals surface area contributed by atoms with Crippen LogP contribution in [-0.4, -0.2) is 10.2 Å². The van der Waals surface area contributed by atoms with E-state index in [0.29, 0.717) is 0 Å². The van der Waals surface area contributed by atoms with Crippen molar-refractivity contribution in [1.82, 2.24) is 10.2 Å². The molecule has 0 saturated heterocycles. The molecule has 3 N–H and O–H groups in total. The van der Waals surface area contributed by atoms with Gasteiger partial charge in [0, 0.05) is 22.5 Å². The lowest BCUT2D eigenvalue weighted by Crippen LogP contribution is -2.18. The first kappa shape index (κ1) is 12.3. The maximum atomic E-state index is 5.75. The molecule has 1 atom stereocenters. The van der Waals surface area contributed by atoms with E-state index in [2.05, 4.69) is 36.2 Å². The van der Waals surface area contributed by atoms with Crippen LogP contribution in [0.15, 0.2) is 24.3 Å². The minimum Gasteiger partial charge on any atom is -0.399 e. The smallest absolute Gasteiger partial charge is 0.0955 e. The Kier molecular flexibility index (Phi) is 3.05. The van der Waals surface area contributed by atoms with E-state index in [0.717, 1.165) is 41.6 Å². The van der Waals surface area contributed by atoms with Gasteiger partial charge in [0.2, 0.25) is 0 Å². The molecule has 3 nitrogen and oxygen atoms in total. The highest BCUT2D eigenvalue weighted by Gasteiger charge is 2.25. The van der Waals surface area contributed by atoms with E-state index in [1.165, 1.54) is 17.7 Å². The van der Waals surface area contributed by atoms with Crippen LogP contribution in [0.5, 0.6) is 0 Å². The molecule has 0 spiro atoms. The zero-order valence-electron chi connectivity index (χ0n) is 11.6. The molecule has 0 fully saturated rings. The quantitative estimate of drug-likeness (QED) is 0.808. The van der Waals surface area contributed by atoms with Gasteiger partial charge in [0.05, 0.1) is 5.69 Å². The maximum Gasteiger partial charge on any atom is 0.0955 e. The number of anilines is 1. The molecule has 1 aromatic carbocycles. The summed E-state index contributed by atoms with van der Waals surface area (Å²) in [5.41, 5.74) is 11.6. The molecule has 3 heteroatoms. The van der Waals surface area contributed by atoms with E-state index in [1.54, 1.807) is 0 Å². The molecule has 1 aliphatic rings. The highest BCUT2D eigenvalue weighted by molar-refractivity contribution is 5.66. The predicted molar refractivity (Wildman–Crippen MR) is 78.8 cm³/mol. The van der Waals surface area contributed by atoms with Gasteiger partial charge in [0.1, 0.15) is 0 Å². The van der Waals surface area contributed by atoms with Crippen molar-refractivity contribution in [3.05, 3.63) is 35.5 Å². The van der Waals surface area contributed by atoms with Gasteiger partial charge in [0.15, 0.2) is 0 Å². The molecule has 1 aromatic heterocycles. The molecular weight excluding hydrogens is 234 g/mol. The summed E-state index contributed by atoms with van der Waals surface area (Å²) in [6, 6.07) is 8.01. The van der Waals surface area contributed by atoms with Crippen LogP contribution in [0.2, 0.25) is 0 Å². The molecular formula is C16H21N3.